The Bertz CT molecular complexity index is 944. The molecule has 0 fully saturated rings. The zero-order valence-electron chi connectivity index (χ0n) is 13.8. The van der Waals surface area contributed by atoms with Crippen LogP contribution in [0.3, 0.4) is 0 Å². The Balaban J connectivity index is 1.72. The number of hydrogen-bond donors (Lipinski definition) is 1. The molecule has 25 heavy (non-hydrogen) atoms. The molecule has 6 nitrogen and oxygen atoms in total. The number of fused-ring (bicyclic) bond motifs is 1. The zero-order chi connectivity index (χ0) is 17.6. The van der Waals surface area contributed by atoms with Gasteiger partial charge in [0.15, 0.2) is 0 Å². The van der Waals surface area contributed by atoms with Gasteiger partial charge in [-0.1, -0.05) is 30.9 Å². The van der Waals surface area contributed by atoms with Crippen molar-refractivity contribution in [1.29, 1.82) is 0 Å². The Morgan fingerprint density at radius 1 is 1.36 bits per heavy atom. The second-order valence-electron chi connectivity index (χ2n) is 5.35. The lowest BCUT2D eigenvalue weighted by Gasteiger charge is -2.04. The van der Waals surface area contributed by atoms with Crippen molar-refractivity contribution in [2.75, 3.05) is 6.61 Å². The van der Waals surface area contributed by atoms with Crippen LogP contribution in [-0.2, 0) is 0 Å². The van der Waals surface area contributed by atoms with Crippen molar-refractivity contribution in [3.63, 3.8) is 0 Å². The Kier molecular flexibility index (Phi) is 4.89. The molecule has 3 rings (SSSR count). The third-order valence-corrected chi connectivity index (χ3v) is 3.52. The van der Waals surface area contributed by atoms with Crippen LogP contribution in [0.2, 0.25) is 0 Å². The summed E-state index contributed by atoms with van der Waals surface area (Å²) >= 11 is 0. The van der Waals surface area contributed by atoms with Gasteiger partial charge in [0.25, 0.3) is 5.91 Å². The average molecular weight is 334 g/mol. The highest BCUT2D eigenvalue weighted by Crippen LogP contribution is 2.13. The summed E-state index contributed by atoms with van der Waals surface area (Å²) in [7, 11) is 0. The molecular weight excluding hydrogens is 316 g/mol. The molecule has 126 valence electrons. The number of carbonyl (C=O) groups excluding carboxylic acids is 1. The van der Waals surface area contributed by atoms with Crippen LogP contribution in [0.4, 0.5) is 0 Å². The molecule has 0 aliphatic heterocycles. The first-order valence-corrected chi connectivity index (χ1v) is 7.80. The van der Waals surface area contributed by atoms with Gasteiger partial charge in [0.2, 0.25) is 0 Å². The summed E-state index contributed by atoms with van der Waals surface area (Å²) in [5.74, 6) is 0.402. The minimum absolute atomic E-state index is 0.313. The van der Waals surface area contributed by atoms with Crippen molar-refractivity contribution in [2.24, 2.45) is 5.10 Å². The van der Waals surface area contributed by atoms with Crippen LogP contribution < -0.4 is 10.2 Å². The fourth-order valence-corrected chi connectivity index (χ4v) is 2.45. The number of nitrogens with zero attached hydrogens (tertiary/aromatic N) is 3. The Morgan fingerprint density at radius 2 is 2.24 bits per heavy atom. The van der Waals surface area contributed by atoms with Gasteiger partial charge in [-0.3, -0.25) is 9.20 Å². The first-order valence-electron chi connectivity index (χ1n) is 7.80. The highest BCUT2D eigenvalue weighted by Gasteiger charge is 2.15. The van der Waals surface area contributed by atoms with E-state index in [2.05, 4.69) is 22.1 Å². The lowest BCUT2D eigenvalue weighted by Crippen LogP contribution is -2.20. The summed E-state index contributed by atoms with van der Waals surface area (Å²) in [6.45, 7) is 5.85. The summed E-state index contributed by atoms with van der Waals surface area (Å²) in [6, 6.07) is 13.0. The number of nitrogens with one attached hydrogen (secondary N) is 1. The fraction of sp³-hybridized carbons (Fsp3) is 0.105. The second-order valence-corrected chi connectivity index (χ2v) is 5.35. The number of amides is 1. The summed E-state index contributed by atoms with van der Waals surface area (Å²) in [6.07, 6.45) is 5.05. The normalized spacial score (nSPS) is 10.9. The Hall–Kier alpha value is -3.41. The molecule has 0 bridgehead atoms. The topological polar surface area (TPSA) is 68.0 Å². The SMILES string of the molecule is C=CCOc1cccc(/C=N/NC(=O)c2c(C)nc3ccccn23)c1. The van der Waals surface area contributed by atoms with Crippen molar-refractivity contribution >= 4 is 17.8 Å². The number of carbonyl (C=O) groups is 1. The molecule has 1 N–H and O–H groups in total. The van der Waals surface area contributed by atoms with Crippen molar-refractivity contribution < 1.29 is 9.53 Å². The fourth-order valence-electron chi connectivity index (χ4n) is 2.45. The van der Waals surface area contributed by atoms with Crippen LogP contribution in [0, 0.1) is 6.92 Å². The Labute approximate surface area is 145 Å². The third kappa shape index (κ3) is 3.74. The molecule has 0 saturated carbocycles. The largest absolute Gasteiger partial charge is 0.490 e. The summed E-state index contributed by atoms with van der Waals surface area (Å²) in [5.41, 5.74) is 5.20. The van der Waals surface area contributed by atoms with Crippen LogP contribution in [0.5, 0.6) is 5.75 Å². The van der Waals surface area contributed by atoms with E-state index < -0.39 is 0 Å². The second kappa shape index (κ2) is 7.44. The van der Waals surface area contributed by atoms with E-state index in [9.17, 15) is 4.79 Å². The lowest BCUT2D eigenvalue weighted by molar-refractivity contribution is 0.0948. The molecule has 2 aromatic heterocycles. The van der Waals surface area contributed by atoms with Crippen LogP contribution in [0.1, 0.15) is 21.7 Å². The van der Waals surface area contributed by atoms with Gasteiger partial charge in [-0.2, -0.15) is 5.10 Å². The molecule has 1 amide bonds. The maximum atomic E-state index is 12.4. The molecule has 0 aliphatic rings. The standard InChI is InChI=1S/C19H18N4O2/c1-3-11-25-16-8-6-7-15(12-16)13-20-22-19(24)18-14(2)21-17-9-4-5-10-23(17)18/h3-10,12-13H,1,11H2,2H3,(H,22,24)/b20-13+. The van der Waals surface area contributed by atoms with Crippen molar-refractivity contribution in [1.82, 2.24) is 14.8 Å². The number of pyridine rings is 1. The quantitative estimate of drug-likeness (QED) is 0.428. The highest BCUT2D eigenvalue weighted by atomic mass is 16.5. The predicted molar refractivity (Wildman–Crippen MR) is 97.1 cm³/mol. The van der Waals surface area contributed by atoms with Crippen molar-refractivity contribution in [3.05, 3.63) is 78.3 Å². The van der Waals surface area contributed by atoms with Gasteiger partial charge in [0.05, 0.1) is 11.9 Å². The minimum Gasteiger partial charge on any atom is -0.490 e. The van der Waals surface area contributed by atoms with Gasteiger partial charge in [-0.25, -0.2) is 10.4 Å². The first-order chi connectivity index (χ1) is 12.2. The summed E-state index contributed by atoms with van der Waals surface area (Å²) < 4.78 is 7.21. The molecule has 0 saturated heterocycles. The van der Waals surface area contributed by atoms with Gasteiger partial charge in [-0.15, -0.1) is 0 Å². The van der Waals surface area contributed by atoms with Crippen LogP contribution in [0.15, 0.2) is 66.4 Å². The molecule has 0 radical (unpaired) electrons. The number of benzene rings is 1. The molecule has 0 spiro atoms. The Morgan fingerprint density at radius 3 is 3.08 bits per heavy atom. The number of aromatic nitrogens is 2. The highest BCUT2D eigenvalue weighted by molar-refractivity contribution is 5.95. The molecule has 3 aromatic rings. The molecule has 6 heteroatoms. The monoisotopic (exact) mass is 334 g/mol. The molecule has 1 aromatic carbocycles. The van der Waals surface area contributed by atoms with Gasteiger partial charge in [0, 0.05) is 6.20 Å². The summed E-state index contributed by atoms with van der Waals surface area (Å²) in [5, 5.41) is 4.03. The van der Waals surface area contributed by atoms with Crippen molar-refractivity contribution in [3.8, 4) is 5.75 Å². The molecule has 2 heterocycles. The maximum absolute atomic E-state index is 12.4. The lowest BCUT2D eigenvalue weighted by atomic mass is 10.2. The van der Waals surface area contributed by atoms with E-state index in [4.69, 9.17) is 4.74 Å². The van der Waals surface area contributed by atoms with E-state index in [0.717, 1.165) is 11.2 Å². The number of rotatable bonds is 6. The van der Waals surface area contributed by atoms with Crippen LogP contribution in [-0.4, -0.2) is 28.1 Å². The van der Waals surface area contributed by atoms with Gasteiger partial charge < -0.3 is 4.74 Å². The van der Waals surface area contributed by atoms with E-state index in [1.54, 1.807) is 29.8 Å². The molecular formula is C19H18N4O2. The molecule has 0 atom stereocenters. The molecule has 0 aliphatic carbocycles. The van der Waals surface area contributed by atoms with E-state index in [1.807, 2.05) is 42.5 Å². The number of hydrazone groups is 1. The van der Waals surface area contributed by atoms with E-state index >= 15 is 0 Å². The van der Waals surface area contributed by atoms with Gasteiger partial charge >= 0.3 is 0 Å². The van der Waals surface area contributed by atoms with Crippen molar-refractivity contribution in [2.45, 2.75) is 6.92 Å². The first kappa shape index (κ1) is 16.4. The average Bonchev–Trinajstić information content (AvgIpc) is 2.96. The maximum Gasteiger partial charge on any atom is 0.290 e. The number of imidazole rings is 1. The predicted octanol–water partition coefficient (Wildman–Crippen LogP) is 2.97. The zero-order valence-corrected chi connectivity index (χ0v) is 13.8. The summed E-state index contributed by atoms with van der Waals surface area (Å²) in [4.78, 5) is 16.8. The van der Waals surface area contributed by atoms with Gasteiger partial charge in [-0.05, 0) is 36.8 Å². The number of hydrogen-bond acceptors (Lipinski definition) is 4. The van der Waals surface area contributed by atoms with Crippen LogP contribution >= 0.6 is 0 Å². The smallest absolute Gasteiger partial charge is 0.290 e. The van der Waals surface area contributed by atoms with E-state index in [-0.39, 0.29) is 5.91 Å². The molecule has 0 unspecified atom stereocenters. The minimum atomic E-state index is -0.313. The van der Waals surface area contributed by atoms with Crippen LogP contribution in [0.25, 0.3) is 5.65 Å². The number of ether oxygens (including phenoxy) is 1. The van der Waals surface area contributed by atoms with E-state index in [0.29, 0.717) is 23.7 Å². The third-order valence-electron chi connectivity index (χ3n) is 3.52. The van der Waals surface area contributed by atoms with Gasteiger partial charge in [0.1, 0.15) is 23.7 Å². The number of aryl methyl sites for hydroxylation is 1. The van der Waals surface area contributed by atoms with E-state index in [1.165, 1.54) is 0 Å².